The summed E-state index contributed by atoms with van der Waals surface area (Å²) in [5, 5.41) is 8.06. The maximum absolute atomic E-state index is 6.01. The van der Waals surface area contributed by atoms with Crippen LogP contribution in [0.15, 0.2) is 58.7 Å². The second kappa shape index (κ2) is 11.9. The first-order valence-corrected chi connectivity index (χ1v) is 8.38. The molecule has 0 aliphatic rings. The molecule has 0 saturated heterocycles. The standard InChI is InChI=1S/C16H18N4.2C2H6/c1-11-7-6-8-12(2)14(11)16(18)20-19-15(17)13-9-4-3-5-10-13;2*1-2/h3-10H,1-2H3,(H2,17,19)(H2,18,20);2*1-2H3. The Morgan fingerprint density at radius 1 is 0.667 bits per heavy atom. The van der Waals surface area contributed by atoms with E-state index >= 15 is 0 Å². The van der Waals surface area contributed by atoms with Gasteiger partial charge in [0.2, 0.25) is 0 Å². The Labute approximate surface area is 146 Å². The molecule has 0 aliphatic heterocycles. The maximum Gasteiger partial charge on any atom is 0.153 e. The van der Waals surface area contributed by atoms with Crippen LogP contribution in [0.1, 0.15) is 49.9 Å². The van der Waals surface area contributed by atoms with Gasteiger partial charge in [-0.1, -0.05) is 76.2 Å². The van der Waals surface area contributed by atoms with Crippen LogP contribution < -0.4 is 11.5 Å². The van der Waals surface area contributed by atoms with Crippen molar-refractivity contribution in [3.8, 4) is 0 Å². The van der Waals surface area contributed by atoms with E-state index in [-0.39, 0.29) is 0 Å². The first-order valence-electron chi connectivity index (χ1n) is 8.38. The molecule has 0 bridgehead atoms. The highest BCUT2D eigenvalue weighted by molar-refractivity contribution is 6.02. The van der Waals surface area contributed by atoms with Crippen molar-refractivity contribution in [3.05, 3.63) is 70.8 Å². The summed E-state index contributed by atoms with van der Waals surface area (Å²) in [5.41, 5.74) is 15.8. The third-order valence-electron chi connectivity index (χ3n) is 3.07. The smallest absolute Gasteiger partial charge is 0.153 e. The first-order chi connectivity index (χ1) is 11.6. The van der Waals surface area contributed by atoms with Gasteiger partial charge in [-0.3, -0.25) is 0 Å². The summed E-state index contributed by atoms with van der Waals surface area (Å²) >= 11 is 0. The summed E-state index contributed by atoms with van der Waals surface area (Å²) < 4.78 is 0. The summed E-state index contributed by atoms with van der Waals surface area (Å²) in [7, 11) is 0. The number of amidine groups is 2. The lowest BCUT2D eigenvalue weighted by molar-refractivity contribution is 1.19. The molecule has 0 spiro atoms. The van der Waals surface area contributed by atoms with E-state index in [9.17, 15) is 0 Å². The van der Waals surface area contributed by atoms with E-state index in [0.717, 1.165) is 22.3 Å². The van der Waals surface area contributed by atoms with Crippen molar-refractivity contribution in [1.29, 1.82) is 0 Å². The Hall–Kier alpha value is -2.62. The molecule has 0 saturated carbocycles. The molecule has 4 nitrogen and oxygen atoms in total. The second-order valence-corrected chi connectivity index (χ2v) is 4.60. The SMILES string of the molecule is CC.CC.Cc1cccc(C)c1/C(N)=N/N=C(\N)c1ccccc1. The minimum Gasteiger partial charge on any atom is -0.382 e. The summed E-state index contributed by atoms with van der Waals surface area (Å²) in [6.07, 6.45) is 0. The number of hydrogen-bond donors (Lipinski definition) is 2. The molecule has 0 heterocycles. The largest absolute Gasteiger partial charge is 0.382 e. The van der Waals surface area contributed by atoms with Crippen molar-refractivity contribution < 1.29 is 0 Å². The molecular weight excluding hydrogens is 296 g/mol. The summed E-state index contributed by atoms with van der Waals surface area (Å²) in [6.45, 7) is 12.0. The highest BCUT2D eigenvalue weighted by Gasteiger charge is 2.06. The maximum atomic E-state index is 6.01. The van der Waals surface area contributed by atoms with Crippen molar-refractivity contribution in [3.63, 3.8) is 0 Å². The summed E-state index contributed by atoms with van der Waals surface area (Å²) in [6, 6.07) is 15.5. The summed E-state index contributed by atoms with van der Waals surface area (Å²) in [5.74, 6) is 0.722. The van der Waals surface area contributed by atoms with Crippen LogP contribution in [-0.2, 0) is 0 Å². The van der Waals surface area contributed by atoms with Gasteiger partial charge in [-0.25, -0.2) is 0 Å². The van der Waals surface area contributed by atoms with Crippen LogP contribution in [0.5, 0.6) is 0 Å². The van der Waals surface area contributed by atoms with E-state index in [1.54, 1.807) is 0 Å². The molecule has 0 fully saturated rings. The average molecular weight is 326 g/mol. The van der Waals surface area contributed by atoms with E-state index in [2.05, 4.69) is 10.2 Å². The van der Waals surface area contributed by atoms with Gasteiger partial charge in [0.25, 0.3) is 0 Å². The quantitative estimate of drug-likeness (QED) is 0.499. The minimum absolute atomic E-state index is 0.347. The number of benzene rings is 2. The normalized spacial score (nSPS) is 10.9. The van der Waals surface area contributed by atoms with Gasteiger partial charge in [0.1, 0.15) is 0 Å². The zero-order valence-electron chi connectivity index (χ0n) is 15.7. The minimum atomic E-state index is 0.347. The molecule has 0 unspecified atom stereocenters. The summed E-state index contributed by atoms with van der Waals surface area (Å²) in [4.78, 5) is 0. The molecule has 0 atom stereocenters. The number of hydrogen-bond acceptors (Lipinski definition) is 2. The van der Waals surface area contributed by atoms with Crippen molar-refractivity contribution in [2.75, 3.05) is 0 Å². The molecule has 24 heavy (non-hydrogen) atoms. The fourth-order valence-electron chi connectivity index (χ4n) is 2.04. The molecule has 2 rings (SSSR count). The number of nitrogens with zero attached hydrogens (tertiary/aromatic N) is 2. The van der Waals surface area contributed by atoms with Gasteiger partial charge in [0.15, 0.2) is 11.7 Å². The van der Waals surface area contributed by atoms with E-state index in [0.29, 0.717) is 11.7 Å². The molecule has 0 amide bonds. The molecule has 4 N–H and O–H groups in total. The van der Waals surface area contributed by atoms with Gasteiger partial charge in [0, 0.05) is 11.1 Å². The highest BCUT2D eigenvalue weighted by Crippen LogP contribution is 2.12. The molecule has 0 aromatic heterocycles. The van der Waals surface area contributed by atoms with Gasteiger partial charge in [-0.15, -0.1) is 10.2 Å². The lowest BCUT2D eigenvalue weighted by Gasteiger charge is -2.07. The molecule has 130 valence electrons. The van der Waals surface area contributed by atoms with Crippen LogP contribution in [0.2, 0.25) is 0 Å². The average Bonchev–Trinajstić information content (AvgIpc) is 2.63. The van der Waals surface area contributed by atoms with Gasteiger partial charge in [-0.05, 0) is 25.0 Å². The van der Waals surface area contributed by atoms with E-state index in [1.807, 2.05) is 90.1 Å². The van der Waals surface area contributed by atoms with Crippen molar-refractivity contribution in [2.24, 2.45) is 21.7 Å². The monoisotopic (exact) mass is 326 g/mol. The Bertz CT molecular complexity index is 638. The van der Waals surface area contributed by atoms with Crippen LogP contribution in [0.25, 0.3) is 0 Å². The molecule has 0 aliphatic carbocycles. The van der Waals surface area contributed by atoms with Crippen LogP contribution in [-0.4, -0.2) is 11.7 Å². The van der Waals surface area contributed by atoms with E-state index < -0.39 is 0 Å². The number of aryl methyl sites for hydroxylation is 2. The Morgan fingerprint density at radius 3 is 1.62 bits per heavy atom. The molecule has 2 aromatic carbocycles. The third-order valence-corrected chi connectivity index (χ3v) is 3.07. The van der Waals surface area contributed by atoms with Gasteiger partial charge in [0.05, 0.1) is 0 Å². The van der Waals surface area contributed by atoms with Crippen molar-refractivity contribution in [1.82, 2.24) is 0 Å². The first kappa shape index (κ1) is 21.4. The second-order valence-electron chi connectivity index (χ2n) is 4.60. The highest BCUT2D eigenvalue weighted by atomic mass is 15.3. The van der Waals surface area contributed by atoms with Crippen molar-refractivity contribution >= 4 is 11.7 Å². The Balaban J connectivity index is 0.00000123. The van der Waals surface area contributed by atoms with Crippen LogP contribution in [0, 0.1) is 13.8 Å². The van der Waals surface area contributed by atoms with Gasteiger partial charge in [-0.2, -0.15) is 0 Å². The third kappa shape index (κ3) is 6.24. The lowest BCUT2D eigenvalue weighted by Crippen LogP contribution is -2.18. The van der Waals surface area contributed by atoms with Gasteiger partial charge >= 0.3 is 0 Å². The van der Waals surface area contributed by atoms with Crippen molar-refractivity contribution in [2.45, 2.75) is 41.5 Å². The Morgan fingerprint density at radius 2 is 1.12 bits per heavy atom. The predicted molar refractivity (Wildman–Crippen MR) is 107 cm³/mol. The van der Waals surface area contributed by atoms with Crippen LogP contribution in [0.4, 0.5) is 0 Å². The lowest BCUT2D eigenvalue weighted by atomic mass is 10.0. The zero-order chi connectivity index (χ0) is 18.5. The number of nitrogens with two attached hydrogens (primary N) is 2. The molecule has 4 heteroatoms. The fourth-order valence-corrected chi connectivity index (χ4v) is 2.04. The Kier molecular flexibility index (Phi) is 10.6. The van der Waals surface area contributed by atoms with E-state index in [1.165, 1.54) is 0 Å². The van der Waals surface area contributed by atoms with Gasteiger partial charge < -0.3 is 11.5 Å². The van der Waals surface area contributed by atoms with Crippen LogP contribution >= 0.6 is 0 Å². The fraction of sp³-hybridized carbons (Fsp3) is 0.300. The topological polar surface area (TPSA) is 76.8 Å². The van der Waals surface area contributed by atoms with Crippen LogP contribution in [0.3, 0.4) is 0 Å². The van der Waals surface area contributed by atoms with E-state index in [4.69, 9.17) is 11.5 Å². The molecule has 0 radical (unpaired) electrons. The molecular formula is C20H30N4. The predicted octanol–water partition coefficient (Wildman–Crippen LogP) is 4.38. The zero-order valence-corrected chi connectivity index (χ0v) is 15.7. The number of rotatable bonds is 3. The molecule has 2 aromatic rings.